The lowest BCUT2D eigenvalue weighted by Gasteiger charge is -2.32. The van der Waals surface area contributed by atoms with Gasteiger partial charge in [-0.15, -0.1) is 0 Å². The molecule has 6 heteroatoms. The van der Waals surface area contributed by atoms with Gasteiger partial charge >= 0.3 is 5.97 Å². The van der Waals surface area contributed by atoms with E-state index in [2.05, 4.69) is 55.3 Å². The van der Waals surface area contributed by atoms with Gasteiger partial charge in [0.1, 0.15) is 6.04 Å². The van der Waals surface area contributed by atoms with Gasteiger partial charge in [-0.05, 0) is 92.0 Å². The number of methoxy groups -OCH3 is 1. The molecule has 1 aliphatic carbocycles. The summed E-state index contributed by atoms with van der Waals surface area (Å²) < 4.78 is 4.98. The first-order valence-corrected chi connectivity index (χ1v) is 16.6. The van der Waals surface area contributed by atoms with Crippen LogP contribution in [0.15, 0.2) is 42.5 Å². The molecule has 220 valence electrons. The summed E-state index contributed by atoms with van der Waals surface area (Å²) in [6.07, 6.45) is 13.1. The van der Waals surface area contributed by atoms with Crippen LogP contribution in [0.4, 0.5) is 0 Å². The molecule has 0 radical (unpaired) electrons. The number of nitrogens with one attached hydrogen (secondary N) is 1. The minimum absolute atomic E-state index is 0.241. The summed E-state index contributed by atoms with van der Waals surface area (Å²) in [5.41, 5.74) is 4.88. The average molecular weight is 567 g/mol. The quantitative estimate of drug-likeness (QED) is 0.224. The Balaban J connectivity index is 1.90. The Morgan fingerprint density at radius 1 is 1.07 bits per heavy atom. The molecule has 5 nitrogen and oxygen atoms in total. The van der Waals surface area contributed by atoms with E-state index in [1.165, 1.54) is 64.0 Å². The summed E-state index contributed by atoms with van der Waals surface area (Å²) in [6.45, 7) is 8.69. The van der Waals surface area contributed by atoms with E-state index in [-0.39, 0.29) is 5.91 Å². The maximum atomic E-state index is 13.6. The summed E-state index contributed by atoms with van der Waals surface area (Å²) in [6, 6.07) is 14.3. The van der Waals surface area contributed by atoms with E-state index in [0.717, 1.165) is 41.5 Å². The Morgan fingerprint density at radius 2 is 1.82 bits per heavy atom. The SMILES string of the molecule is CCCC(C)N(CCC1CCCCC1)Cc1ccc(C(=O)N[C@@H](CCSC)C(=O)OC)c(-c2ccccc2C)c1. The molecule has 3 rings (SSSR count). The first kappa shape index (κ1) is 32.2. The maximum Gasteiger partial charge on any atom is 0.328 e. The van der Waals surface area contributed by atoms with Crippen LogP contribution in [0.1, 0.15) is 93.1 Å². The van der Waals surface area contributed by atoms with E-state index < -0.39 is 12.0 Å². The molecule has 0 aliphatic heterocycles. The van der Waals surface area contributed by atoms with Gasteiger partial charge in [0.05, 0.1) is 7.11 Å². The fourth-order valence-corrected chi connectivity index (χ4v) is 6.43. The molecule has 1 fully saturated rings. The normalized spacial score (nSPS) is 15.6. The lowest BCUT2D eigenvalue weighted by atomic mass is 9.86. The van der Waals surface area contributed by atoms with E-state index in [0.29, 0.717) is 18.0 Å². The largest absolute Gasteiger partial charge is 0.467 e. The number of amides is 1. The zero-order chi connectivity index (χ0) is 28.9. The zero-order valence-electron chi connectivity index (χ0n) is 25.3. The van der Waals surface area contributed by atoms with Crippen molar-refractivity contribution >= 4 is 23.6 Å². The number of hydrogen-bond acceptors (Lipinski definition) is 5. The fraction of sp³-hybridized carbons (Fsp3) is 0.588. The highest BCUT2D eigenvalue weighted by Crippen LogP contribution is 2.30. The number of benzene rings is 2. The van der Waals surface area contributed by atoms with Gasteiger partial charge in [-0.25, -0.2) is 4.79 Å². The number of carbonyl (C=O) groups excluding carboxylic acids is 2. The Kier molecular flexibility index (Phi) is 13.6. The highest BCUT2D eigenvalue weighted by atomic mass is 32.2. The summed E-state index contributed by atoms with van der Waals surface area (Å²) in [5.74, 6) is 0.966. The van der Waals surface area contributed by atoms with Crippen molar-refractivity contribution in [3.05, 3.63) is 59.2 Å². The van der Waals surface area contributed by atoms with Gasteiger partial charge in [-0.3, -0.25) is 9.69 Å². The second-order valence-corrected chi connectivity index (χ2v) is 12.4. The second-order valence-electron chi connectivity index (χ2n) is 11.4. The smallest absolute Gasteiger partial charge is 0.328 e. The zero-order valence-corrected chi connectivity index (χ0v) is 26.2. The topological polar surface area (TPSA) is 58.6 Å². The van der Waals surface area contributed by atoms with Crippen LogP contribution in [-0.2, 0) is 16.1 Å². The minimum atomic E-state index is -0.667. The Hall–Kier alpha value is -2.31. The average Bonchev–Trinajstić information content (AvgIpc) is 2.97. The van der Waals surface area contributed by atoms with Crippen LogP contribution in [0.3, 0.4) is 0 Å². The summed E-state index contributed by atoms with van der Waals surface area (Å²) >= 11 is 1.65. The number of aryl methyl sites for hydroxylation is 1. The first-order valence-electron chi connectivity index (χ1n) is 15.2. The molecule has 2 aromatic rings. The molecule has 1 unspecified atom stereocenters. The number of carbonyl (C=O) groups is 2. The van der Waals surface area contributed by atoms with E-state index in [1.807, 2.05) is 24.5 Å². The summed E-state index contributed by atoms with van der Waals surface area (Å²) in [5, 5.41) is 2.96. The van der Waals surface area contributed by atoms with Gasteiger partial charge < -0.3 is 10.1 Å². The third-order valence-electron chi connectivity index (χ3n) is 8.43. The van der Waals surface area contributed by atoms with Crippen LogP contribution in [0.5, 0.6) is 0 Å². The van der Waals surface area contributed by atoms with Crippen molar-refractivity contribution in [3.8, 4) is 11.1 Å². The highest BCUT2D eigenvalue weighted by molar-refractivity contribution is 7.98. The molecule has 0 bridgehead atoms. The lowest BCUT2D eigenvalue weighted by molar-refractivity contribution is -0.142. The van der Waals surface area contributed by atoms with Gasteiger partial charge in [0.25, 0.3) is 5.91 Å². The Bertz CT molecular complexity index is 1080. The molecule has 0 saturated heterocycles. The molecule has 0 aromatic heterocycles. The molecule has 1 N–H and O–H groups in total. The standard InChI is InChI=1S/C34H50N2O3S/c1-6-12-26(3)36(21-19-27-14-8-7-9-15-27)24-28-17-18-30(31(23-28)29-16-11-10-13-25(29)2)33(37)35-32(20-22-40-5)34(38)39-4/h10-11,13,16-18,23,26-27,32H,6-9,12,14-15,19-22,24H2,1-5H3,(H,35,37)/t26?,32-/m0/s1. The molecule has 1 aliphatic rings. The third-order valence-corrected chi connectivity index (χ3v) is 9.07. The van der Waals surface area contributed by atoms with E-state index >= 15 is 0 Å². The molecular weight excluding hydrogens is 516 g/mol. The van der Waals surface area contributed by atoms with Crippen molar-refractivity contribution in [1.29, 1.82) is 0 Å². The predicted octanol–water partition coefficient (Wildman–Crippen LogP) is 7.65. The van der Waals surface area contributed by atoms with Crippen LogP contribution in [-0.4, -0.2) is 54.5 Å². The van der Waals surface area contributed by atoms with E-state index in [9.17, 15) is 9.59 Å². The van der Waals surface area contributed by atoms with Crippen molar-refractivity contribution in [2.24, 2.45) is 5.92 Å². The monoisotopic (exact) mass is 566 g/mol. The van der Waals surface area contributed by atoms with Gasteiger partial charge in [0.15, 0.2) is 0 Å². The number of rotatable bonds is 15. The molecule has 2 aromatic carbocycles. The van der Waals surface area contributed by atoms with Gasteiger partial charge in [0, 0.05) is 18.2 Å². The number of esters is 1. The summed E-state index contributed by atoms with van der Waals surface area (Å²) in [7, 11) is 1.37. The number of nitrogens with zero attached hydrogens (tertiary/aromatic N) is 1. The minimum Gasteiger partial charge on any atom is -0.467 e. The van der Waals surface area contributed by atoms with Crippen molar-refractivity contribution in [2.75, 3.05) is 25.7 Å². The van der Waals surface area contributed by atoms with Gasteiger partial charge in [0.2, 0.25) is 0 Å². The third kappa shape index (κ3) is 9.37. The van der Waals surface area contributed by atoms with Crippen LogP contribution < -0.4 is 5.32 Å². The predicted molar refractivity (Wildman–Crippen MR) is 169 cm³/mol. The number of ether oxygens (including phenoxy) is 1. The molecule has 40 heavy (non-hydrogen) atoms. The number of hydrogen-bond donors (Lipinski definition) is 1. The second kappa shape index (κ2) is 16.8. The van der Waals surface area contributed by atoms with Crippen LogP contribution in [0.2, 0.25) is 0 Å². The Labute approximate surface area is 246 Å². The molecule has 0 heterocycles. The lowest BCUT2D eigenvalue weighted by Crippen LogP contribution is -2.42. The van der Waals surface area contributed by atoms with Crippen LogP contribution in [0.25, 0.3) is 11.1 Å². The van der Waals surface area contributed by atoms with Crippen molar-refractivity contribution in [1.82, 2.24) is 10.2 Å². The molecule has 2 atom stereocenters. The van der Waals surface area contributed by atoms with Crippen LogP contribution in [0, 0.1) is 12.8 Å². The summed E-state index contributed by atoms with van der Waals surface area (Å²) in [4.78, 5) is 28.7. The van der Waals surface area contributed by atoms with Gasteiger partial charge in [-0.2, -0.15) is 11.8 Å². The van der Waals surface area contributed by atoms with E-state index in [4.69, 9.17) is 4.74 Å². The van der Waals surface area contributed by atoms with Crippen molar-refractivity contribution in [3.63, 3.8) is 0 Å². The first-order chi connectivity index (χ1) is 19.4. The van der Waals surface area contributed by atoms with E-state index in [1.54, 1.807) is 11.8 Å². The Morgan fingerprint density at radius 3 is 2.50 bits per heavy atom. The number of thioether (sulfide) groups is 1. The highest BCUT2D eigenvalue weighted by Gasteiger charge is 2.25. The van der Waals surface area contributed by atoms with Crippen molar-refractivity contribution < 1.29 is 14.3 Å². The van der Waals surface area contributed by atoms with Gasteiger partial charge in [-0.1, -0.05) is 75.8 Å². The fourth-order valence-electron chi connectivity index (χ4n) is 5.96. The molecular formula is C34H50N2O3S. The molecule has 1 amide bonds. The van der Waals surface area contributed by atoms with Crippen LogP contribution >= 0.6 is 11.8 Å². The molecule has 0 spiro atoms. The molecule has 1 saturated carbocycles. The maximum absolute atomic E-state index is 13.6. The van der Waals surface area contributed by atoms with Crippen molar-refractivity contribution in [2.45, 2.75) is 97.2 Å².